The number of benzene rings is 2. The van der Waals surface area contributed by atoms with Crippen molar-refractivity contribution in [1.82, 2.24) is 4.90 Å². The standard InChI is InChI=1S/C18H19ClN2O2/c1-12-17-7-6-16(23-2)10-13(17)8-9-21(12)18(22)20-15-5-3-4-14(19)11-15/h3-7,10-12H,8-9H2,1-2H3,(H,20,22). The Labute approximate surface area is 141 Å². The monoisotopic (exact) mass is 330 g/mol. The summed E-state index contributed by atoms with van der Waals surface area (Å²) in [7, 11) is 1.67. The summed E-state index contributed by atoms with van der Waals surface area (Å²) >= 11 is 5.96. The third-order valence-corrected chi connectivity index (χ3v) is 4.46. The molecule has 0 aromatic heterocycles. The maximum atomic E-state index is 12.6. The van der Waals surface area contributed by atoms with Crippen LogP contribution in [0.2, 0.25) is 5.02 Å². The number of nitrogens with zero attached hydrogens (tertiary/aromatic N) is 1. The highest BCUT2D eigenvalue weighted by Crippen LogP contribution is 2.32. The fourth-order valence-corrected chi connectivity index (χ4v) is 3.16. The van der Waals surface area contributed by atoms with E-state index in [0.717, 1.165) is 12.2 Å². The Bertz CT molecular complexity index is 733. The molecule has 0 fully saturated rings. The minimum Gasteiger partial charge on any atom is -0.497 e. The van der Waals surface area contributed by atoms with E-state index in [-0.39, 0.29) is 12.1 Å². The number of carbonyl (C=O) groups excluding carboxylic acids is 1. The lowest BCUT2D eigenvalue weighted by Gasteiger charge is -2.35. The highest BCUT2D eigenvalue weighted by Gasteiger charge is 2.27. The van der Waals surface area contributed by atoms with Gasteiger partial charge in [0, 0.05) is 17.3 Å². The molecule has 1 aliphatic rings. The molecule has 120 valence electrons. The van der Waals surface area contributed by atoms with Crippen molar-refractivity contribution < 1.29 is 9.53 Å². The van der Waals surface area contributed by atoms with Crippen molar-refractivity contribution in [2.75, 3.05) is 19.0 Å². The zero-order valence-electron chi connectivity index (χ0n) is 13.2. The van der Waals surface area contributed by atoms with Crippen LogP contribution in [-0.2, 0) is 6.42 Å². The van der Waals surface area contributed by atoms with E-state index in [0.29, 0.717) is 17.3 Å². The lowest BCUT2D eigenvalue weighted by atomic mass is 9.93. The first-order valence-corrected chi connectivity index (χ1v) is 7.96. The third kappa shape index (κ3) is 3.27. The first-order chi connectivity index (χ1) is 11.1. The second-order valence-corrected chi connectivity index (χ2v) is 6.06. The number of fused-ring (bicyclic) bond motifs is 1. The van der Waals surface area contributed by atoms with Crippen molar-refractivity contribution in [1.29, 1.82) is 0 Å². The molecule has 0 spiro atoms. The summed E-state index contributed by atoms with van der Waals surface area (Å²) in [6, 6.07) is 13.1. The Balaban J connectivity index is 1.77. The summed E-state index contributed by atoms with van der Waals surface area (Å²) in [5, 5.41) is 3.52. The molecule has 1 N–H and O–H groups in total. The van der Waals surface area contributed by atoms with Gasteiger partial charge in [0.05, 0.1) is 13.2 Å². The Morgan fingerprint density at radius 2 is 2.13 bits per heavy atom. The molecular formula is C18H19ClN2O2. The van der Waals surface area contributed by atoms with E-state index in [1.165, 1.54) is 11.1 Å². The Hall–Kier alpha value is -2.20. The van der Waals surface area contributed by atoms with Crippen molar-refractivity contribution in [3.63, 3.8) is 0 Å². The van der Waals surface area contributed by atoms with Gasteiger partial charge in [-0.25, -0.2) is 4.79 Å². The Kier molecular flexibility index (Phi) is 4.44. The van der Waals surface area contributed by atoms with Gasteiger partial charge in [-0.1, -0.05) is 23.7 Å². The van der Waals surface area contributed by atoms with Crippen molar-refractivity contribution >= 4 is 23.3 Å². The molecule has 1 atom stereocenters. The number of urea groups is 1. The van der Waals surface area contributed by atoms with Crippen LogP contribution in [0.5, 0.6) is 5.75 Å². The number of anilines is 1. The zero-order valence-corrected chi connectivity index (χ0v) is 13.9. The number of ether oxygens (including phenoxy) is 1. The summed E-state index contributed by atoms with van der Waals surface area (Å²) < 4.78 is 5.27. The van der Waals surface area contributed by atoms with E-state index in [4.69, 9.17) is 16.3 Å². The zero-order chi connectivity index (χ0) is 16.4. The molecule has 2 amide bonds. The van der Waals surface area contributed by atoms with Crippen LogP contribution in [0.25, 0.3) is 0 Å². The molecule has 0 bridgehead atoms. The molecule has 1 unspecified atom stereocenters. The molecular weight excluding hydrogens is 312 g/mol. The number of hydrogen-bond acceptors (Lipinski definition) is 2. The van der Waals surface area contributed by atoms with E-state index in [9.17, 15) is 4.79 Å². The van der Waals surface area contributed by atoms with Crippen molar-refractivity contribution in [2.24, 2.45) is 0 Å². The smallest absolute Gasteiger partial charge is 0.322 e. The average molecular weight is 331 g/mol. The summed E-state index contributed by atoms with van der Waals surface area (Å²) in [5.41, 5.74) is 3.11. The number of rotatable bonds is 2. The van der Waals surface area contributed by atoms with Gasteiger partial charge in [0.1, 0.15) is 5.75 Å². The average Bonchev–Trinajstić information content (AvgIpc) is 2.54. The van der Waals surface area contributed by atoms with E-state index in [1.807, 2.05) is 36.1 Å². The molecule has 0 radical (unpaired) electrons. The normalized spacial score (nSPS) is 16.7. The number of carbonyl (C=O) groups is 1. The molecule has 4 nitrogen and oxygen atoms in total. The number of methoxy groups -OCH3 is 1. The van der Waals surface area contributed by atoms with E-state index < -0.39 is 0 Å². The van der Waals surface area contributed by atoms with Crippen LogP contribution in [0.3, 0.4) is 0 Å². The van der Waals surface area contributed by atoms with Gasteiger partial charge in [0.2, 0.25) is 0 Å². The first kappa shape index (κ1) is 15.7. The largest absolute Gasteiger partial charge is 0.497 e. The molecule has 23 heavy (non-hydrogen) atoms. The summed E-state index contributed by atoms with van der Waals surface area (Å²) in [4.78, 5) is 14.4. The molecule has 3 rings (SSSR count). The Morgan fingerprint density at radius 3 is 2.87 bits per heavy atom. The summed E-state index contributed by atoms with van der Waals surface area (Å²) in [6.45, 7) is 2.72. The van der Waals surface area contributed by atoms with E-state index in [2.05, 4.69) is 11.4 Å². The SMILES string of the molecule is COc1ccc2c(c1)CCN(C(=O)Nc1cccc(Cl)c1)C2C. The maximum absolute atomic E-state index is 12.6. The second-order valence-electron chi connectivity index (χ2n) is 5.62. The molecule has 0 aliphatic carbocycles. The highest BCUT2D eigenvalue weighted by molar-refractivity contribution is 6.30. The predicted molar refractivity (Wildman–Crippen MR) is 92.3 cm³/mol. The first-order valence-electron chi connectivity index (χ1n) is 7.58. The quantitative estimate of drug-likeness (QED) is 0.880. The van der Waals surface area contributed by atoms with Crippen LogP contribution in [0.1, 0.15) is 24.1 Å². The van der Waals surface area contributed by atoms with Gasteiger partial charge in [0.25, 0.3) is 0 Å². The molecule has 1 aliphatic heterocycles. The van der Waals surface area contributed by atoms with Crippen LogP contribution in [0.15, 0.2) is 42.5 Å². The molecule has 0 saturated carbocycles. The van der Waals surface area contributed by atoms with Gasteiger partial charge in [-0.2, -0.15) is 0 Å². The lowest BCUT2D eigenvalue weighted by molar-refractivity contribution is 0.188. The number of hydrogen-bond donors (Lipinski definition) is 1. The van der Waals surface area contributed by atoms with Crippen LogP contribution in [-0.4, -0.2) is 24.6 Å². The fourth-order valence-electron chi connectivity index (χ4n) is 2.97. The van der Waals surface area contributed by atoms with E-state index in [1.54, 1.807) is 19.2 Å². The summed E-state index contributed by atoms with van der Waals surface area (Å²) in [5.74, 6) is 0.854. The van der Waals surface area contributed by atoms with Gasteiger partial charge in [-0.3, -0.25) is 0 Å². The van der Waals surface area contributed by atoms with Gasteiger partial charge < -0.3 is 15.0 Å². The molecule has 1 heterocycles. The fraction of sp³-hybridized carbons (Fsp3) is 0.278. The van der Waals surface area contributed by atoms with E-state index >= 15 is 0 Å². The molecule has 0 saturated heterocycles. The van der Waals surface area contributed by atoms with Gasteiger partial charge in [-0.05, 0) is 54.8 Å². The van der Waals surface area contributed by atoms with Crippen LogP contribution in [0, 0.1) is 0 Å². The number of halogens is 1. The lowest BCUT2D eigenvalue weighted by Crippen LogP contribution is -2.41. The van der Waals surface area contributed by atoms with Crippen LogP contribution >= 0.6 is 11.6 Å². The number of nitrogens with one attached hydrogen (secondary N) is 1. The van der Waals surface area contributed by atoms with Crippen molar-refractivity contribution in [3.05, 3.63) is 58.6 Å². The van der Waals surface area contributed by atoms with Gasteiger partial charge >= 0.3 is 6.03 Å². The topological polar surface area (TPSA) is 41.6 Å². The van der Waals surface area contributed by atoms with Gasteiger partial charge in [-0.15, -0.1) is 0 Å². The molecule has 2 aromatic rings. The minimum atomic E-state index is -0.110. The highest BCUT2D eigenvalue weighted by atomic mass is 35.5. The van der Waals surface area contributed by atoms with Crippen LogP contribution in [0.4, 0.5) is 10.5 Å². The predicted octanol–water partition coefficient (Wildman–Crippen LogP) is 4.50. The maximum Gasteiger partial charge on any atom is 0.322 e. The van der Waals surface area contributed by atoms with Crippen molar-refractivity contribution in [3.8, 4) is 5.75 Å². The number of amides is 2. The van der Waals surface area contributed by atoms with Crippen LogP contribution < -0.4 is 10.1 Å². The molecule has 2 aromatic carbocycles. The third-order valence-electron chi connectivity index (χ3n) is 4.23. The van der Waals surface area contributed by atoms with Gasteiger partial charge in [0.15, 0.2) is 0 Å². The molecule has 5 heteroatoms. The summed E-state index contributed by atoms with van der Waals surface area (Å²) in [6.07, 6.45) is 0.819. The minimum absolute atomic E-state index is 0.0174. The second kappa shape index (κ2) is 6.50. The van der Waals surface area contributed by atoms with Crippen molar-refractivity contribution in [2.45, 2.75) is 19.4 Å². The Morgan fingerprint density at radius 1 is 1.30 bits per heavy atom.